The molecule has 0 aliphatic rings. The van der Waals surface area contributed by atoms with Crippen LogP contribution >= 0.6 is 0 Å². The van der Waals surface area contributed by atoms with Crippen LogP contribution in [0.25, 0.3) is 0 Å². The molecule has 138 valence electrons. The van der Waals surface area contributed by atoms with Crippen LogP contribution in [0.15, 0.2) is 78.9 Å². The average molecular weight is 362 g/mol. The van der Waals surface area contributed by atoms with Gasteiger partial charge in [0.05, 0.1) is 18.1 Å². The van der Waals surface area contributed by atoms with Crippen molar-refractivity contribution in [2.75, 3.05) is 12.4 Å². The summed E-state index contributed by atoms with van der Waals surface area (Å²) in [6.07, 6.45) is 0. The molecule has 1 N–H and O–H groups in total. The van der Waals surface area contributed by atoms with Crippen molar-refractivity contribution in [2.45, 2.75) is 18.9 Å². The van der Waals surface area contributed by atoms with Gasteiger partial charge < -0.3 is 10.1 Å². The third kappa shape index (κ3) is 4.44. The molecule has 0 saturated heterocycles. The molecule has 0 aliphatic carbocycles. The number of anilines is 1. The Morgan fingerprint density at radius 3 is 2.07 bits per heavy atom. The number of hydrogen-bond donors (Lipinski definition) is 1. The Kier molecular flexibility index (Phi) is 5.71. The predicted octanol–water partition coefficient (Wildman–Crippen LogP) is 5.56. The van der Waals surface area contributed by atoms with Gasteiger partial charge in [0, 0.05) is 23.7 Å². The smallest absolute Gasteiger partial charge is 0.269 e. The van der Waals surface area contributed by atoms with Crippen LogP contribution in [-0.2, 0) is 0 Å². The predicted molar refractivity (Wildman–Crippen MR) is 107 cm³/mol. The fourth-order valence-electron chi connectivity index (χ4n) is 3.12. The van der Waals surface area contributed by atoms with Crippen molar-refractivity contribution in [1.82, 2.24) is 0 Å². The zero-order valence-electron chi connectivity index (χ0n) is 15.3. The van der Waals surface area contributed by atoms with E-state index in [-0.39, 0.29) is 22.6 Å². The van der Waals surface area contributed by atoms with Gasteiger partial charge in [0.1, 0.15) is 5.75 Å². The Labute approximate surface area is 158 Å². The zero-order valence-corrected chi connectivity index (χ0v) is 15.3. The third-order valence-electron chi connectivity index (χ3n) is 4.70. The minimum Gasteiger partial charge on any atom is -0.497 e. The molecule has 5 nitrogen and oxygen atoms in total. The summed E-state index contributed by atoms with van der Waals surface area (Å²) < 4.78 is 5.22. The number of ether oxygens (including phenoxy) is 1. The summed E-state index contributed by atoms with van der Waals surface area (Å²) in [7, 11) is 1.64. The van der Waals surface area contributed by atoms with Crippen molar-refractivity contribution in [3.8, 4) is 5.75 Å². The van der Waals surface area contributed by atoms with Gasteiger partial charge in [0.2, 0.25) is 0 Å². The Bertz CT molecular complexity index is 878. The van der Waals surface area contributed by atoms with Crippen LogP contribution in [0.4, 0.5) is 11.4 Å². The van der Waals surface area contributed by atoms with Crippen LogP contribution in [0.5, 0.6) is 5.75 Å². The molecular formula is C22H22N2O3. The molecule has 0 saturated carbocycles. The summed E-state index contributed by atoms with van der Waals surface area (Å²) in [5.41, 5.74) is 3.24. The van der Waals surface area contributed by atoms with Crippen LogP contribution < -0.4 is 10.1 Å². The van der Waals surface area contributed by atoms with Crippen LogP contribution in [0, 0.1) is 10.1 Å². The number of rotatable bonds is 7. The molecule has 3 rings (SSSR count). The molecule has 5 heteroatoms. The molecule has 2 unspecified atom stereocenters. The van der Waals surface area contributed by atoms with Crippen LogP contribution in [0.3, 0.4) is 0 Å². The van der Waals surface area contributed by atoms with E-state index in [1.807, 2.05) is 54.6 Å². The van der Waals surface area contributed by atoms with Gasteiger partial charge in [-0.2, -0.15) is 0 Å². The molecule has 0 bridgehead atoms. The van der Waals surface area contributed by atoms with Gasteiger partial charge in [-0.1, -0.05) is 49.4 Å². The minimum atomic E-state index is -0.379. The van der Waals surface area contributed by atoms with E-state index in [9.17, 15) is 10.1 Å². The largest absolute Gasteiger partial charge is 0.497 e. The second-order valence-corrected chi connectivity index (χ2v) is 6.40. The van der Waals surface area contributed by atoms with Gasteiger partial charge in [-0.15, -0.1) is 0 Å². The molecule has 3 aromatic rings. The quantitative estimate of drug-likeness (QED) is 0.441. The lowest BCUT2D eigenvalue weighted by atomic mass is 9.88. The van der Waals surface area contributed by atoms with Crippen LogP contribution in [-0.4, -0.2) is 12.0 Å². The van der Waals surface area contributed by atoms with Gasteiger partial charge in [-0.3, -0.25) is 10.1 Å². The van der Waals surface area contributed by atoms with Crippen molar-refractivity contribution in [3.63, 3.8) is 0 Å². The SMILES string of the molecule is COc1ccc(NC(c2ccc([N+](=O)[O-])cc2)C(C)c2ccccc2)cc1. The standard InChI is InChI=1S/C22H22N2O3/c1-16(17-6-4-3-5-7-17)22(18-8-12-20(13-9-18)24(25)26)23-19-10-14-21(27-2)15-11-19/h3-16,22-23H,1-2H3. The molecular weight excluding hydrogens is 340 g/mol. The van der Waals surface area contributed by atoms with Crippen LogP contribution in [0.2, 0.25) is 0 Å². The minimum absolute atomic E-state index is 0.0402. The molecule has 0 aromatic heterocycles. The Balaban J connectivity index is 1.93. The van der Waals surface area contributed by atoms with E-state index in [4.69, 9.17) is 4.74 Å². The maximum atomic E-state index is 11.0. The van der Waals surface area contributed by atoms with Gasteiger partial charge in [-0.05, 0) is 35.4 Å². The first-order valence-electron chi connectivity index (χ1n) is 8.78. The Hall–Kier alpha value is -3.34. The number of methoxy groups -OCH3 is 1. The summed E-state index contributed by atoms with van der Waals surface area (Å²) >= 11 is 0. The van der Waals surface area contributed by atoms with E-state index in [0.29, 0.717) is 0 Å². The molecule has 0 amide bonds. The van der Waals surface area contributed by atoms with E-state index >= 15 is 0 Å². The van der Waals surface area contributed by atoms with Crippen molar-refractivity contribution in [1.29, 1.82) is 0 Å². The summed E-state index contributed by atoms with van der Waals surface area (Å²) in [5.74, 6) is 0.957. The van der Waals surface area contributed by atoms with Crippen molar-refractivity contribution in [3.05, 3.63) is 100 Å². The van der Waals surface area contributed by atoms with E-state index in [1.54, 1.807) is 19.2 Å². The highest BCUT2D eigenvalue weighted by molar-refractivity contribution is 5.50. The topological polar surface area (TPSA) is 64.4 Å². The maximum Gasteiger partial charge on any atom is 0.269 e. The lowest BCUT2D eigenvalue weighted by Crippen LogP contribution is -2.17. The fourth-order valence-corrected chi connectivity index (χ4v) is 3.12. The van der Waals surface area contributed by atoms with E-state index < -0.39 is 0 Å². The number of hydrogen-bond acceptors (Lipinski definition) is 4. The maximum absolute atomic E-state index is 11.0. The average Bonchev–Trinajstić information content (AvgIpc) is 2.72. The van der Waals surface area contributed by atoms with Gasteiger partial charge in [0.15, 0.2) is 0 Å². The number of nitrogens with one attached hydrogen (secondary N) is 1. The molecule has 0 heterocycles. The summed E-state index contributed by atoms with van der Waals surface area (Å²) in [6.45, 7) is 2.15. The molecule has 27 heavy (non-hydrogen) atoms. The van der Waals surface area contributed by atoms with E-state index in [0.717, 1.165) is 17.0 Å². The molecule has 0 aliphatic heterocycles. The third-order valence-corrected chi connectivity index (χ3v) is 4.70. The zero-order chi connectivity index (χ0) is 19.2. The number of benzene rings is 3. The van der Waals surface area contributed by atoms with Crippen molar-refractivity contribution < 1.29 is 9.66 Å². The highest BCUT2D eigenvalue weighted by atomic mass is 16.6. The van der Waals surface area contributed by atoms with E-state index in [2.05, 4.69) is 24.4 Å². The molecule has 0 fully saturated rings. The molecule has 3 aromatic carbocycles. The van der Waals surface area contributed by atoms with Gasteiger partial charge in [-0.25, -0.2) is 0 Å². The lowest BCUT2D eigenvalue weighted by molar-refractivity contribution is -0.384. The highest BCUT2D eigenvalue weighted by Crippen LogP contribution is 2.34. The van der Waals surface area contributed by atoms with Crippen molar-refractivity contribution >= 4 is 11.4 Å². The number of nitrogens with zero attached hydrogens (tertiary/aromatic N) is 1. The summed E-state index contributed by atoms with van der Waals surface area (Å²) in [6, 6.07) is 24.7. The van der Waals surface area contributed by atoms with Gasteiger partial charge in [0.25, 0.3) is 5.69 Å². The highest BCUT2D eigenvalue weighted by Gasteiger charge is 2.21. The Morgan fingerprint density at radius 2 is 1.52 bits per heavy atom. The van der Waals surface area contributed by atoms with Crippen LogP contribution in [0.1, 0.15) is 30.0 Å². The molecule has 2 atom stereocenters. The number of non-ortho nitro benzene ring substituents is 1. The first-order chi connectivity index (χ1) is 13.1. The van der Waals surface area contributed by atoms with Crippen molar-refractivity contribution in [2.24, 2.45) is 0 Å². The summed E-state index contributed by atoms with van der Waals surface area (Å²) in [4.78, 5) is 10.6. The van der Waals surface area contributed by atoms with Gasteiger partial charge >= 0.3 is 0 Å². The second-order valence-electron chi connectivity index (χ2n) is 6.40. The van der Waals surface area contributed by atoms with E-state index in [1.165, 1.54) is 5.56 Å². The molecule has 0 radical (unpaired) electrons. The monoisotopic (exact) mass is 362 g/mol. The second kappa shape index (κ2) is 8.36. The number of nitro benzene ring substituents is 1. The lowest BCUT2D eigenvalue weighted by Gasteiger charge is -2.27. The first-order valence-corrected chi connectivity index (χ1v) is 8.78. The normalized spacial score (nSPS) is 12.8. The summed E-state index contributed by atoms with van der Waals surface area (Å²) in [5, 5.41) is 14.5. The first kappa shape index (κ1) is 18.5. The Morgan fingerprint density at radius 1 is 0.889 bits per heavy atom. The fraction of sp³-hybridized carbons (Fsp3) is 0.182. The molecule has 0 spiro atoms. The number of nitro groups is 1.